The summed E-state index contributed by atoms with van der Waals surface area (Å²) in [5.41, 5.74) is 17.9. The zero-order chi connectivity index (χ0) is 53.5. The summed E-state index contributed by atoms with van der Waals surface area (Å²) in [6.07, 6.45) is 6.70. The molecule has 384 valence electrons. The standard InChI is InChI=1S/C70H74N6/c1-13-15-23-46-29-32-61-56(37-46)57-38-47(24-16-14-2)30-33-62(57)76(61)63-34-31-50(42-58(63)67-71-59(48-25-19-17-20-26-48)44-60(72-67)49-27-21-18-22-28-49)64-73-65(51-35-45(3)36-53(39-51)68(4,5)6)75-66(74-64)52-40-54(69(7,8)9)43-55(41-52)70(10,11)12/h17-22,25-44H,13-16,23-24H2,1-12H3. The van der Waals surface area contributed by atoms with E-state index in [2.05, 4.69) is 245 Å². The van der Waals surface area contributed by atoms with Crippen LogP contribution in [0.15, 0.2) is 158 Å². The predicted molar refractivity (Wildman–Crippen MR) is 320 cm³/mol. The lowest BCUT2D eigenvalue weighted by molar-refractivity contribution is 0.569. The van der Waals surface area contributed by atoms with Crippen molar-refractivity contribution >= 4 is 21.8 Å². The lowest BCUT2D eigenvalue weighted by Gasteiger charge is -2.26. The van der Waals surface area contributed by atoms with Crippen molar-refractivity contribution in [1.82, 2.24) is 29.5 Å². The van der Waals surface area contributed by atoms with Crippen LogP contribution in [-0.4, -0.2) is 29.5 Å². The Hall–Kier alpha value is -7.57. The van der Waals surface area contributed by atoms with Crippen molar-refractivity contribution in [3.05, 3.63) is 191 Å². The molecule has 0 saturated heterocycles. The molecule has 0 unspecified atom stereocenters. The summed E-state index contributed by atoms with van der Waals surface area (Å²) >= 11 is 0. The highest BCUT2D eigenvalue weighted by Crippen LogP contribution is 2.41. The van der Waals surface area contributed by atoms with Crippen molar-refractivity contribution in [3.63, 3.8) is 0 Å². The number of fused-ring (bicyclic) bond motifs is 3. The average molecular weight is 999 g/mol. The molecule has 7 aromatic carbocycles. The first kappa shape index (κ1) is 51.9. The van der Waals surface area contributed by atoms with E-state index < -0.39 is 0 Å². The highest BCUT2D eigenvalue weighted by atomic mass is 15.0. The summed E-state index contributed by atoms with van der Waals surface area (Å²) in [5.74, 6) is 2.46. The Morgan fingerprint density at radius 3 is 1.29 bits per heavy atom. The Morgan fingerprint density at radius 1 is 0.382 bits per heavy atom. The number of hydrogen-bond acceptors (Lipinski definition) is 5. The SMILES string of the molecule is CCCCc1ccc2c(c1)c1cc(CCCC)ccc1n2-c1ccc(-c2nc(-c3cc(C)cc(C(C)(C)C)c3)nc(-c3cc(C(C)(C)C)cc(C(C)(C)C)c3)n2)cc1-c1nc(-c2ccccc2)cc(-c2ccccc2)n1. The van der Waals surface area contributed by atoms with Gasteiger partial charge in [0.2, 0.25) is 0 Å². The van der Waals surface area contributed by atoms with Crippen LogP contribution in [0.5, 0.6) is 0 Å². The minimum Gasteiger partial charge on any atom is -0.309 e. The van der Waals surface area contributed by atoms with Crippen LogP contribution in [0.2, 0.25) is 0 Å². The maximum Gasteiger partial charge on any atom is 0.164 e. The summed E-state index contributed by atoms with van der Waals surface area (Å²) in [6.45, 7) is 27.1. The fraction of sp³-hybridized carbons (Fsp3) is 0.300. The van der Waals surface area contributed by atoms with Gasteiger partial charge in [-0.2, -0.15) is 0 Å². The fourth-order valence-corrected chi connectivity index (χ4v) is 10.3. The lowest BCUT2D eigenvalue weighted by Crippen LogP contribution is -2.17. The Balaban J connectivity index is 1.29. The Labute approximate surface area is 451 Å². The van der Waals surface area contributed by atoms with Gasteiger partial charge in [0.05, 0.1) is 28.1 Å². The maximum absolute atomic E-state index is 5.52. The first-order chi connectivity index (χ1) is 36.3. The van der Waals surface area contributed by atoms with E-state index in [1.165, 1.54) is 38.6 Å². The smallest absolute Gasteiger partial charge is 0.164 e. The molecule has 76 heavy (non-hydrogen) atoms. The van der Waals surface area contributed by atoms with Crippen LogP contribution in [-0.2, 0) is 29.1 Å². The first-order valence-corrected chi connectivity index (χ1v) is 27.6. The molecule has 0 N–H and O–H groups in total. The fourth-order valence-electron chi connectivity index (χ4n) is 10.3. The molecule has 6 nitrogen and oxygen atoms in total. The number of nitrogens with zero attached hydrogens (tertiary/aromatic N) is 6. The van der Waals surface area contributed by atoms with E-state index in [0.29, 0.717) is 23.3 Å². The van der Waals surface area contributed by atoms with Gasteiger partial charge in [-0.1, -0.05) is 179 Å². The van der Waals surface area contributed by atoms with Crippen LogP contribution < -0.4 is 0 Å². The van der Waals surface area contributed by atoms with Crippen molar-refractivity contribution < 1.29 is 0 Å². The largest absolute Gasteiger partial charge is 0.309 e. The third kappa shape index (κ3) is 10.9. The lowest BCUT2D eigenvalue weighted by atomic mass is 9.79. The second-order valence-electron chi connectivity index (χ2n) is 24.1. The molecule has 10 aromatic rings. The molecule has 10 rings (SSSR count). The van der Waals surface area contributed by atoms with Crippen molar-refractivity contribution in [2.75, 3.05) is 0 Å². The Kier molecular flexibility index (Phi) is 14.2. The Bertz CT molecular complexity index is 3580. The van der Waals surface area contributed by atoms with Gasteiger partial charge in [-0.3, -0.25) is 0 Å². The minimum absolute atomic E-state index is 0.0826. The van der Waals surface area contributed by atoms with Gasteiger partial charge in [-0.05, 0) is 149 Å². The maximum atomic E-state index is 5.52. The second-order valence-corrected chi connectivity index (χ2v) is 24.1. The normalized spacial score (nSPS) is 12.3. The third-order valence-electron chi connectivity index (χ3n) is 14.9. The second kappa shape index (κ2) is 20.9. The summed E-state index contributed by atoms with van der Waals surface area (Å²) in [7, 11) is 0. The summed E-state index contributed by atoms with van der Waals surface area (Å²) < 4.78 is 2.44. The number of hydrogen-bond donors (Lipinski definition) is 0. The molecule has 0 saturated carbocycles. The average Bonchev–Trinajstić information content (AvgIpc) is 3.74. The molecule has 6 heteroatoms. The van der Waals surface area contributed by atoms with Crippen molar-refractivity contribution in [2.24, 2.45) is 0 Å². The molecule has 0 amide bonds. The quantitative estimate of drug-likeness (QED) is 0.115. The number of benzene rings is 7. The van der Waals surface area contributed by atoms with Crippen LogP contribution in [0.25, 0.3) is 95.6 Å². The van der Waals surface area contributed by atoms with Crippen molar-refractivity contribution in [1.29, 1.82) is 0 Å². The molecular formula is C70H74N6. The van der Waals surface area contributed by atoms with Gasteiger partial charge >= 0.3 is 0 Å². The molecule has 0 bridgehead atoms. The highest BCUT2D eigenvalue weighted by Gasteiger charge is 2.26. The van der Waals surface area contributed by atoms with Crippen molar-refractivity contribution in [2.45, 2.75) is 138 Å². The van der Waals surface area contributed by atoms with Crippen LogP contribution in [0, 0.1) is 6.92 Å². The van der Waals surface area contributed by atoms with Crippen LogP contribution >= 0.6 is 0 Å². The van der Waals surface area contributed by atoms with Gasteiger partial charge in [-0.15, -0.1) is 0 Å². The van der Waals surface area contributed by atoms with E-state index in [1.807, 2.05) is 0 Å². The zero-order valence-electron chi connectivity index (χ0n) is 46.9. The molecule has 0 radical (unpaired) electrons. The molecule has 0 atom stereocenters. The van der Waals surface area contributed by atoms with E-state index in [9.17, 15) is 0 Å². The number of unbranched alkanes of at least 4 members (excludes halogenated alkanes) is 2. The third-order valence-corrected chi connectivity index (χ3v) is 14.9. The van der Waals surface area contributed by atoms with Gasteiger partial charge in [-0.25, -0.2) is 24.9 Å². The van der Waals surface area contributed by atoms with Gasteiger partial charge in [0.25, 0.3) is 0 Å². The molecule has 3 aromatic heterocycles. The van der Waals surface area contributed by atoms with E-state index >= 15 is 0 Å². The van der Waals surface area contributed by atoms with Crippen molar-refractivity contribution in [3.8, 4) is 73.8 Å². The van der Waals surface area contributed by atoms with Crippen LogP contribution in [0.1, 0.15) is 135 Å². The summed E-state index contributed by atoms with van der Waals surface area (Å²) in [4.78, 5) is 27.4. The van der Waals surface area contributed by atoms with Gasteiger partial charge in [0, 0.05) is 44.2 Å². The predicted octanol–water partition coefficient (Wildman–Crippen LogP) is 18.6. The molecule has 0 aliphatic heterocycles. The monoisotopic (exact) mass is 999 g/mol. The highest BCUT2D eigenvalue weighted by molar-refractivity contribution is 6.10. The summed E-state index contributed by atoms with van der Waals surface area (Å²) in [5, 5.41) is 2.51. The topological polar surface area (TPSA) is 69.4 Å². The van der Waals surface area contributed by atoms with E-state index in [4.69, 9.17) is 24.9 Å². The molecule has 0 fully saturated rings. The van der Waals surface area contributed by atoms with Gasteiger partial charge in [0.15, 0.2) is 23.3 Å². The number of aryl methyl sites for hydroxylation is 3. The molecule has 0 spiro atoms. The van der Waals surface area contributed by atoms with Crippen LogP contribution in [0.3, 0.4) is 0 Å². The Morgan fingerprint density at radius 2 is 0.829 bits per heavy atom. The van der Waals surface area contributed by atoms with Gasteiger partial charge < -0.3 is 4.57 Å². The number of rotatable bonds is 13. The molecular weight excluding hydrogens is 925 g/mol. The molecule has 3 heterocycles. The molecule has 0 aliphatic carbocycles. The van der Waals surface area contributed by atoms with E-state index in [1.54, 1.807) is 0 Å². The zero-order valence-corrected chi connectivity index (χ0v) is 46.9. The van der Waals surface area contributed by atoms with E-state index in [0.717, 1.165) is 106 Å². The first-order valence-electron chi connectivity index (χ1n) is 27.6. The molecule has 0 aliphatic rings. The van der Waals surface area contributed by atoms with Crippen LogP contribution in [0.4, 0.5) is 0 Å². The van der Waals surface area contributed by atoms with E-state index in [-0.39, 0.29) is 16.2 Å². The van der Waals surface area contributed by atoms with Gasteiger partial charge in [0.1, 0.15) is 0 Å². The minimum atomic E-state index is -0.106. The number of aromatic nitrogens is 6. The summed E-state index contributed by atoms with van der Waals surface area (Å²) in [6, 6.07) is 57.5.